The van der Waals surface area contributed by atoms with Crippen LogP contribution in [0, 0.1) is 5.92 Å². The molecular formula is C29H25Cl2F3N8O2. The first kappa shape index (κ1) is 29.7. The fourth-order valence-electron chi connectivity index (χ4n) is 5.36. The van der Waals surface area contributed by atoms with Crippen LogP contribution in [-0.4, -0.2) is 31.4 Å². The van der Waals surface area contributed by atoms with E-state index >= 15 is 4.39 Å². The van der Waals surface area contributed by atoms with Gasteiger partial charge < -0.3 is 5.32 Å². The molecule has 3 N–H and O–H groups in total. The lowest BCUT2D eigenvalue weighted by molar-refractivity contribution is -0.121. The minimum Gasteiger partial charge on any atom is -0.323 e. The lowest BCUT2D eigenvalue weighted by Gasteiger charge is -2.25. The summed E-state index contributed by atoms with van der Waals surface area (Å²) in [6, 6.07) is 12.3. The molecule has 2 aromatic heterocycles. The Morgan fingerprint density at radius 2 is 1.89 bits per heavy atom. The van der Waals surface area contributed by atoms with Crippen LogP contribution in [0.4, 0.5) is 24.5 Å². The quantitative estimate of drug-likeness (QED) is 0.234. The van der Waals surface area contributed by atoms with Gasteiger partial charge in [-0.25, -0.2) is 14.1 Å². The zero-order valence-electron chi connectivity index (χ0n) is 23.0. The van der Waals surface area contributed by atoms with E-state index in [1.54, 1.807) is 53.7 Å². The molecule has 15 heteroatoms. The predicted molar refractivity (Wildman–Crippen MR) is 161 cm³/mol. The average molecular weight is 645 g/mol. The lowest BCUT2D eigenvalue weighted by Crippen LogP contribution is -2.36. The van der Waals surface area contributed by atoms with Crippen molar-refractivity contribution in [2.24, 2.45) is 5.92 Å². The summed E-state index contributed by atoms with van der Waals surface area (Å²) in [5.74, 6) is -1.76. The number of halogens is 5. The van der Waals surface area contributed by atoms with Gasteiger partial charge in [0.15, 0.2) is 0 Å². The molecule has 44 heavy (non-hydrogen) atoms. The van der Waals surface area contributed by atoms with Gasteiger partial charge >= 0.3 is 6.55 Å². The number of rotatable bonds is 4. The molecule has 0 saturated heterocycles. The Kier molecular flexibility index (Phi) is 8.10. The minimum absolute atomic E-state index is 0.0305. The third kappa shape index (κ3) is 5.65. The molecule has 6 rings (SSSR count). The average Bonchev–Trinajstić information content (AvgIpc) is 3.63. The second-order valence-corrected chi connectivity index (χ2v) is 11.3. The SMILES string of the molecule is C[C@H]1C(=O)Nc2cnn(C(F)F)c2-c2cccc(c2)[C@@H](n2cnc(-c3cc(Cl)ccc3N3C=C(Cl)NN3)cc2=O)CCC1F. The molecule has 2 aliphatic heterocycles. The van der Waals surface area contributed by atoms with E-state index in [9.17, 15) is 18.4 Å². The molecule has 2 aromatic carbocycles. The molecule has 0 spiro atoms. The van der Waals surface area contributed by atoms with Crippen molar-refractivity contribution < 1.29 is 18.0 Å². The van der Waals surface area contributed by atoms with Crippen molar-refractivity contribution >= 4 is 40.5 Å². The first-order valence-corrected chi connectivity index (χ1v) is 14.3. The molecule has 4 aromatic rings. The van der Waals surface area contributed by atoms with Crippen molar-refractivity contribution in [1.82, 2.24) is 30.3 Å². The third-order valence-corrected chi connectivity index (χ3v) is 8.09. The predicted octanol–water partition coefficient (Wildman–Crippen LogP) is 5.99. The number of carbonyl (C=O) groups is 1. The zero-order valence-corrected chi connectivity index (χ0v) is 24.5. The first-order valence-electron chi connectivity index (χ1n) is 13.6. The molecule has 2 aliphatic rings. The Morgan fingerprint density at radius 3 is 2.61 bits per heavy atom. The maximum Gasteiger partial charge on any atom is 0.333 e. The largest absolute Gasteiger partial charge is 0.333 e. The van der Waals surface area contributed by atoms with Gasteiger partial charge in [0.05, 0.1) is 53.4 Å². The van der Waals surface area contributed by atoms with Crippen LogP contribution < -0.4 is 26.8 Å². The molecule has 10 nitrogen and oxygen atoms in total. The van der Waals surface area contributed by atoms with E-state index in [0.717, 1.165) is 6.20 Å². The number of hydrogen-bond donors (Lipinski definition) is 3. The third-order valence-electron chi connectivity index (χ3n) is 7.66. The van der Waals surface area contributed by atoms with Crippen LogP contribution in [0.2, 0.25) is 5.02 Å². The van der Waals surface area contributed by atoms with Crippen molar-refractivity contribution in [3.8, 4) is 22.5 Å². The van der Waals surface area contributed by atoms with Gasteiger partial charge in [0.1, 0.15) is 11.3 Å². The van der Waals surface area contributed by atoms with E-state index in [4.69, 9.17) is 23.2 Å². The standard InChI is InChI=1S/C29H25Cl2F3N8O2/c1-15-20(32)6-8-23(16-3-2-4-17(9-16)27-22(37-28(15)44)12-36-42(27)29(33)34)40-14-35-21(11-26(40)43)19-10-18(30)5-7-24(19)41-13-25(31)38-39-41/h2-5,7,9-15,20,23,29,38-39H,6,8H2,1H3,(H,37,44)/t15-,20?,23+/m1/s1. The molecule has 0 saturated carbocycles. The summed E-state index contributed by atoms with van der Waals surface area (Å²) in [4.78, 5) is 31.1. The Balaban J connectivity index is 1.45. The molecule has 0 radical (unpaired) electrons. The summed E-state index contributed by atoms with van der Waals surface area (Å²) in [5, 5.41) is 8.69. The van der Waals surface area contributed by atoms with Gasteiger partial charge in [0.2, 0.25) is 5.91 Å². The fraction of sp³-hybridized carbons (Fsp3) is 0.241. The van der Waals surface area contributed by atoms with Crippen LogP contribution in [0.5, 0.6) is 0 Å². The number of alkyl halides is 3. The van der Waals surface area contributed by atoms with E-state index in [1.807, 2.05) is 0 Å². The highest BCUT2D eigenvalue weighted by Crippen LogP contribution is 2.37. The maximum atomic E-state index is 15.4. The molecule has 0 fully saturated rings. The number of fused-ring (bicyclic) bond motifs is 4. The number of aromatic nitrogens is 4. The summed E-state index contributed by atoms with van der Waals surface area (Å²) < 4.78 is 45.1. The van der Waals surface area contributed by atoms with Crippen LogP contribution >= 0.6 is 23.2 Å². The van der Waals surface area contributed by atoms with Crippen molar-refractivity contribution in [1.29, 1.82) is 0 Å². The molecule has 2 bridgehead atoms. The molecular weight excluding hydrogens is 620 g/mol. The van der Waals surface area contributed by atoms with Crippen LogP contribution in [0.15, 0.2) is 77.2 Å². The summed E-state index contributed by atoms with van der Waals surface area (Å²) >= 11 is 12.3. The molecule has 1 unspecified atom stereocenters. The number of hydrogen-bond acceptors (Lipinski definition) is 7. The van der Waals surface area contributed by atoms with Gasteiger partial charge in [-0.2, -0.15) is 13.9 Å². The second kappa shape index (κ2) is 12.0. The normalized spacial score (nSPS) is 20.3. The van der Waals surface area contributed by atoms with Crippen molar-refractivity contribution in [2.75, 3.05) is 10.3 Å². The first-order chi connectivity index (χ1) is 21.1. The maximum absolute atomic E-state index is 15.4. The van der Waals surface area contributed by atoms with Crippen LogP contribution in [-0.2, 0) is 4.79 Å². The Bertz CT molecular complexity index is 1830. The number of nitrogens with zero attached hydrogens (tertiary/aromatic N) is 5. The summed E-state index contributed by atoms with van der Waals surface area (Å²) in [6.07, 6.45) is 2.57. The highest BCUT2D eigenvalue weighted by Gasteiger charge is 2.30. The van der Waals surface area contributed by atoms with Gasteiger partial charge in [-0.3, -0.25) is 24.6 Å². The lowest BCUT2D eigenvalue weighted by atomic mass is 9.93. The van der Waals surface area contributed by atoms with Crippen LogP contribution in [0.1, 0.15) is 37.9 Å². The van der Waals surface area contributed by atoms with Crippen molar-refractivity contribution in [3.63, 3.8) is 0 Å². The number of benzene rings is 2. The van der Waals surface area contributed by atoms with Crippen molar-refractivity contribution in [2.45, 2.75) is 38.5 Å². The van der Waals surface area contributed by atoms with Gasteiger partial charge in [0, 0.05) is 22.2 Å². The number of carbonyl (C=O) groups excluding carboxylic acids is 1. The summed E-state index contributed by atoms with van der Waals surface area (Å²) in [6.45, 7) is -1.57. The Hall–Kier alpha value is -4.33. The summed E-state index contributed by atoms with van der Waals surface area (Å²) in [5.41, 5.74) is 7.57. The molecule has 0 aliphatic carbocycles. The van der Waals surface area contributed by atoms with Gasteiger partial charge in [-0.15, -0.1) is 5.53 Å². The van der Waals surface area contributed by atoms with E-state index in [0.29, 0.717) is 42.9 Å². The van der Waals surface area contributed by atoms with Gasteiger partial charge in [-0.1, -0.05) is 48.3 Å². The number of anilines is 2. The highest BCUT2D eigenvalue weighted by atomic mass is 35.5. The Morgan fingerprint density at radius 1 is 1.07 bits per heavy atom. The van der Waals surface area contributed by atoms with E-state index in [-0.39, 0.29) is 24.2 Å². The van der Waals surface area contributed by atoms with Gasteiger partial charge in [0.25, 0.3) is 5.56 Å². The van der Waals surface area contributed by atoms with E-state index in [2.05, 4.69) is 26.4 Å². The van der Waals surface area contributed by atoms with Crippen LogP contribution in [0.25, 0.3) is 22.5 Å². The van der Waals surface area contributed by atoms with Gasteiger partial charge in [-0.05, 0) is 42.7 Å². The van der Waals surface area contributed by atoms with E-state index < -0.39 is 36.1 Å². The van der Waals surface area contributed by atoms with Crippen molar-refractivity contribution in [3.05, 3.63) is 93.4 Å². The molecule has 1 amide bonds. The smallest absolute Gasteiger partial charge is 0.323 e. The van der Waals surface area contributed by atoms with E-state index in [1.165, 1.54) is 23.9 Å². The topological polar surface area (TPSA) is 109 Å². The summed E-state index contributed by atoms with van der Waals surface area (Å²) in [7, 11) is 0. The minimum atomic E-state index is -3.00. The zero-order chi connectivity index (χ0) is 31.1. The number of amides is 1. The Labute approximate surface area is 259 Å². The molecule has 4 heterocycles. The monoisotopic (exact) mass is 644 g/mol. The highest BCUT2D eigenvalue weighted by molar-refractivity contribution is 6.31. The second-order valence-electron chi connectivity index (χ2n) is 10.4. The molecule has 3 atom stereocenters. The molecule has 228 valence electrons. The fourth-order valence-corrected chi connectivity index (χ4v) is 5.68. The number of hydrazine groups is 2. The number of nitrogens with one attached hydrogen (secondary N) is 3. The van der Waals surface area contributed by atoms with Crippen LogP contribution in [0.3, 0.4) is 0 Å².